The van der Waals surface area contributed by atoms with Gasteiger partial charge in [0.15, 0.2) is 11.5 Å². The van der Waals surface area contributed by atoms with E-state index >= 15 is 0 Å². The van der Waals surface area contributed by atoms with Crippen molar-refractivity contribution in [3.8, 4) is 17.2 Å². The number of rotatable bonds is 13. The van der Waals surface area contributed by atoms with E-state index in [4.69, 9.17) is 14.2 Å². The molecule has 11 heteroatoms. The molecule has 0 radical (unpaired) electrons. The van der Waals surface area contributed by atoms with E-state index in [1.54, 1.807) is 0 Å². The molecule has 5 fully saturated rings. The van der Waals surface area contributed by atoms with Crippen molar-refractivity contribution >= 4 is 29.7 Å². The first kappa shape index (κ1) is 45.8. The van der Waals surface area contributed by atoms with Gasteiger partial charge >= 0.3 is 17.9 Å². The molecule has 5 aliphatic carbocycles. The number of hydrogen-bond donors (Lipinski definition) is 3. The van der Waals surface area contributed by atoms with Crippen LogP contribution < -0.4 is 24.8 Å². The van der Waals surface area contributed by atoms with Crippen molar-refractivity contribution in [2.24, 2.45) is 56.7 Å². The van der Waals surface area contributed by atoms with Gasteiger partial charge in [-0.2, -0.15) is 0 Å². The van der Waals surface area contributed by atoms with Gasteiger partial charge in [-0.1, -0.05) is 59.6 Å². The molecule has 0 aliphatic heterocycles. The Kier molecular flexibility index (Phi) is 13.1. The van der Waals surface area contributed by atoms with E-state index < -0.39 is 23.8 Å². The lowest BCUT2D eigenvalue weighted by Gasteiger charge is -2.72. The van der Waals surface area contributed by atoms with Gasteiger partial charge in [-0.25, -0.2) is 0 Å². The molecule has 2 amide bonds. The highest BCUT2D eigenvalue weighted by atomic mass is 16.6. The predicted molar refractivity (Wildman–Crippen MR) is 229 cm³/mol. The molecule has 4 unspecified atom stereocenters. The number of esters is 3. The molecule has 5 aliphatic rings. The average molecular weight is 833 g/mol. The summed E-state index contributed by atoms with van der Waals surface area (Å²) in [4.78, 5) is 62.9. The summed E-state index contributed by atoms with van der Waals surface area (Å²) < 4.78 is 15.5. The monoisotopic (exact) mass is 833 g/mol. The van der Waals surface area contributed by atoms with Crippen molar-refractivity contribution in [2.45, 2.75) is 158 Å². The molecular formula is C49H72N2O9. The second-order valence-corrected chi connectivity index (χ2v) is 20.7. The van der Waals surface area contributed by atoms with Crippen molar-refractivity contribution in [3.05, 3.63) is 29.8 Å². The van der Waals surface area contributed by atoms with Crippen LogP contribution in [-0.4, -0.2) is 54.0 Å². The molecule has 0 spiro atoms. The van der Waals surface area contributed by atoms with Crippen LogP contribution in [0.5, 0.6) is 17.2 Å². The summed E-state index contributed by atoms with van der Waals surface area (Å²) in [6, 6.07) is 2.54. The number of aliphatic hydroxyl groups is 1. The van der Waals surface area contributed by atoms with Crippen LogP contribution in [-0.2, 0) is 19.2 Å². The maximum Gasteiger partial charge on any atom is 0.308 e. The van der Waals surface area contributed by atoms with Gasteiger partial charge in [0.1, 0.15) is 0 Å². The summed E-state index contributed by atoms with van der Waals surface area (Å²) in [5.74, 6) is -0.774. The summed E-state index contributed by atoms with van der Waals surface area (Å²) in [7, 11) is 0. The van der Waals surface area contributed by atoms with Gasteiger partial charge in [0.05, 0.1) is 11.5 Å². The number of ether oxygens (including phenoxy) is 3. The van der Waals surface area contributed by atoms with Crippen molar-refractivity contribution in [1.29, 1.82) is 0 Å². The Morgan fingerprint density at radius 3 is 1.87 bits per heavy atom. The SMILES string of the molecule is C=C(C)[C@@H]1CC[C@]2(C(=O)NCCCCCCNC(=O)c3cc(OC(C)=O)c(OC(C)=O)c(OC(C)=O)c3)CC[C@]3(C)C(CCC4[C@@]5(C)CC[C@H](O)C(C)(C)C5CC[C@]43C)C12. The van der Waals surface area contributed by atoms with Crippen LogP contribution in [0.1, 0.15) is 163 Å². The minimum atomic E-state index is -0.723. The lowest BCUT2D eigenvalue weighted by Crippen LogP contribution is -2.67. The molecule has 6 rings (SSSR count). The number of nitrogens with one attached hydrogen (secondary N) is 2. The van der Waals surface area contributed by atoms with Crippen LogP contribution in [0.25, 0.3) is 0 Å². The number of fused-ring (bicyclic) bond motifs is 7. The zero-order valence-electron chi connectivity index (χ0n) is 37.9. The maximum absolute atomic E-state index is 14.5. The highest BCUT2D eigenvalue weighted by Crippen LogP contribution is 2.77. The van der Waals surface area contributed by atoms with Gasteiger partial charge in [-0.3, -0.25) is 24.0 Å². The molecule has 11 nitrogen and oxygen atoms in total. The van der Waals surface area contributed by atoms with Crippen LogP contribution in [0.15, 0.2) is 24.3 Å². The van der Waals surface area contributed by atoms with Crippen molar-refractivity contribution in [1.82, 2.24) is 10.6 Å². The Hall–Kier alpha value is -3.73. The minimum Gasteiger partial charge on any atom is -0.423 e. The summed E-state index contributed by atoms with van der Waals surface area (Å²) >= 11 is 0. The second-order valence-electron chi connectivity index (χ2n) is 20.7. The van der Waals surface area contributed by atoms with Crippen LogP contribution in [0.4, 0.5) is 0 Å². The third-order valence-corrected chi connectivity index (χ3v) is 17.2. The Morgan fingerprint density at radius 2 is 1.28 bits per heavy atom. The van der Waals surface area contributed by atoms with Crippen LogP contribution >= 0.6 is 0 Å². The van der Waals surface area contributed by atoms with Crippen molar-refractivity contribution < 1.29 is 43.3 Å². The van der Waals surface area contributed by atoms with E-state index in [1.165, 1.54) is 43.4 Å². The Balaban J connectivity index is 1.04. The van der Waals surface area contributed by atoms with Gasteiger partial charge in [-0.05, 0) is 147 Å². The molecule has 60 heavy (non-hydrogen) atoms. The fourth-order valence-electron chi connectivity index (χ4n) is 14.2. The first-order chi connectivity index (χ1) is 28.1. The topological polar surface area (TPSA) is 157 Å². The van der Waals surface area contributed by atoms with Crippen LogP contribution in [0.2, 0.25) is 0 Å². The average Bonchev–Trinajstić information content (AvgIpc) is 3.56. The van der Waals surface area contributed by atoms with Gasteiger partial charge in [-0.15, -0.1) is 0 Å². The highest BCUT2D eigenvalue weighted by Gasteiger charge is 2.71. The van der Waals surface area contributed by atoms with E-state index in [-0.39, 0.29) is 61.9 Å². The quantitative estimate of drug-likeness (QED) is 0.0765. The van der Waals surface area contributed by atoms with E-state index in [2.05, 4.69) is 58.8 Å². The first-order valence-corrected chi connectivity index (χ1v) is 22.8. The molecule has 0 heterocycles. The fraction of sp³-hybridized carbons (Fsp3) is 0.735. The standard InChI is InChI=1S/C49H72N2O9/c1-29(2)34-17-22-49(24-23-47(9)35(41(34)49)15-16-39-46(8)20-19-40(55)45(6,7)38(46)18-21-48(39,47)10)44(57)51-26-14-12-11-13-25-50-43(56)33-27-36(58-30(3)52)42(60-32(5)54)37(28-33)59-31(4)53/h27-28,34-35,38-41,55H,1,11-26H2,2-10H3,(H,50,56)(H,51,57)/t34-,35?,38?,39?,40-,41?,46-,47+,48+,49-/m0/s1. The Morgan fingerprint density at radius 1 is 0.683 bits per heavy atom. The predicted octanol–water partition coefficient (Wildman–Crippen LogP) is 8.89. The fourth-order valence-corrected chi connectivity index (χ4v) is 14.2. The maximum atomic E-state index is 14.5. The molecule has 10 atom stereocenters. The molecule has 0 saturated heterocycles. The smallest absolute Gasteiger partial charge is 0.308 e. The number of amides is 2. The number of benzene rings is 1. The number of carbonyl (C=O) groups excluding carboxylic acids is 5. The van der Waals surface area contributed by atoms with Gasteiger partial charge in [0, 0.05) is 39.4 Å². The van der Waals surface area contributed by atoms with E-state index in [1.807, 2.05) is 0 Å². The number of unbranched alkanes of at least 4 members (excludes halogenated alkanes) is 3. The number of aliphatic hydroxyl groups excluding tert-OH is 1. The zero-order valence-corrected chi connectivity index (χ0v) is 37.9. The van der Waals surface area contributed by atoms with Gasteiger partial charge in [0.25, 0.3) is 5.91 Å². The van der Waals surface area contributed by atoms with E-state index in [0.29, 0.717) is 49.1 Å². The Labute approximate surface area is 357 Å². The van der Waals surface area contributed by atoms with Gasteiger partial charge in [0.2, 0.25) is 11.7 Å². The first-order valence-electron chi connectivity index (χ1n) is 22.8. The lowest BCUT2D eigenvalue weighted by molar-refractivity contribution is -0.246. The third-order valence-electron chi connectivity index (χ3n) is 17.2. The minimum absolute atomic E-state index is 0.0698. The van der Waals surface area contributed by atoms with Crippen molar-refractivity contribution in [3.63, 3.8) is 0 Å². The summed E-state index contributed by atoms with van der Waals surface area (Å²) in [6.45, 7) is 23.6. The summed E-state index contributed by atoms with van der Waals surface area (Å²) in [5, 5.41) is 17.4. The summed E-state index contributed by atoms with van der Waals surface area (Å²) in [6.07, 6.45) is 13.8. The van der Waals surface area contributed by atoms with Crippen molar-refractivity contribution in [2.75, 3.05) is 13.1 Å². The molecule has 0 aromatic heterocycles. The molecule has 0 bridgehead atoms. The molecule has 1 aromatic carbocycles. The molecule has 3 N–H and O–H groups in total. The number of allylic oxidation sites excluding steroid dienone is 1. The van der Waals surface area contributed by atoms with E-state index in [0.717, 1.165) is 78.6 Å². The molecular weight excluding hydrogens is 761 g/mol. The van der Waals surface area contributed by atoms with E-state index in [9.17, 15) is 29.1 Å². The molecule has 5 saturated carbocycles. The third kappa shape index (κ3) is 8.06. The number of carbonyl (C=O) groups is 5. The number of hydrogen-bond acceptors (Lipinski definition) is 9. The molecule has 1 aromatic rings. The summed E-state index contributed by atoms with van der Waals surface area (Å²) in [5.41, 5.74) is 1.43. The normalized spacial score (nSPS) is 35.0. The lowest BCUT2D eigenvalue weighted by atomic mass is 9.32. The largest absolute Gasteiger partial charge is 0.423 e. The van der Waals surface area contributed by atoms with Crippen LogP contribution in [0.3, 0.4) is 0 Å². The zero-order chi connectivity index (χ0) is 44.0. The molecule has 332 valence electrons. The van der Waals surface area contributed by atoms with Crippen LogP contribution in [0, 0.1) is 56.7 Å². The highest BCUT2D eigenvalue weighted by molar-refractivity contribution is 5.96. The Bertz CT molecular complexity index is 1840. The second kappa shape index (κ2) is 17.2. The van der Waals surface area contributed by atoms with Gasteiger partial charge < -0.3 is 30.0 Å².